The van der Waals surface area contributed by atoms with Crippen LogP contribution in [0.5, 0.6) is 0 Å². The van der Waals surface area contributed by atoms with Crippen molar-refractivity contribution in [1.82, 2.24) is 4.90 Å². The van der Waals surface area contributed by atoms with Crippen molar-refractivity contribution in [2.45, 2.75) is 113 Å². The number of carbonyl (C=O) groups excluding carboxylic acids is 4. The molecule has 0 spiro atoms. The summed E-state index contributed by atoms with van der Waals surface area (Å²) in [6.07, 6.45) is 12.4. The van der Waals surface area contributed by atoms with Crippen LogP contribution in [0.4, 0.5) is 4.79 Å². The molecule has 0 aromatic carbocycles. The van der Waals surface area contributed by atoms with E-state index in [2.05, 4.69) is 59.7 Å². The molecule has 0 unspecified atom stereocenters. The smallest absolute Gasteiger partial charge is 0.354 e. The maximum atomic E-state index is 13.5. The second-order valence-electron chi connectivity index (χ2n) is 17.1. The summed E-state index contributed by atoms with van der Waals surface area (Å²) in [4.78, 5) is 56.3. The zero-order valence-electron chi connectivity index (χ0n) is 28.5. The van der Waals surface area contributed by atoms with Gasteiger partial charge in [0.1, 0.15) is 6.54 Å². The van der Waals surface area contributed by atoms with Crippen LogP contribution in [0.1, 0.15) is 113 Å². The molecule has 8 nitrogen and oxygen atoms in total. The van der Waals surface area contributed by atoms with Gasteiger partial charge in [-0.25, -0.2) is 4.79 Å². The van der Waals surface area contributed by atoms with E-state index in [-0.39, 0.29) is 50.6 Å². The molecule has 1 saturated heterocycles. The van der Waals surface area contributed by atoms with Gasteiger partial charge in [-0.15, -0.1) is 0 Å². The van der Waals surface area contributed by atoms with Crippen LogP contribution in [0.25, 0.3) is 0 Å². The highest BCUT2D eigenvalue weighted by molar-refractivity contribution is 8.14. The van der Waals surface area contributed by atoms with Gasteiger partial charge in [0.15, 0.2) is 0 Å². The van der Waals surface area contributed by atoms with Crippen LogP contribution in [0.3, 0.4) is 0 Å². The molecule has 5 aliphatic carbocycles. The number of oxime groups is 1. The molecule has 6 aliphatic rings. The highest BCUT2D eigenvalue weighted by atomic mass is 32.2. The molecule has 0 aromatic rings. The number of amides is 2. The summed E-state index contributed by atoms with van der Waals surface area (Å²) in [7, 11) is 1.56. The third-order valence-electron chi connectivity index (χ3n) is 14.4. The number of methoxy groups -OCH3 is 1. The Morgan fingerprint density at radius 3 is 2.36 bits per heavy atom. The fourth-order valence-electron chi connectivity index (χ4n) is 11.6. The number of thioether (sulfide) groups is 1. The van der Waals surface area contributed by atoms with Gasteiger partial charge in [0.25, 0.3) is 5.24 Å². The van der Waals surface area contributed by atoms with Crippen LogP contribution in [-0.2, 0) is 24.0 Å². The normalized spacial score (nSPS) is 42.6. The first-order chi connectivity index (χ1) is 20.9. The topological polar surface area (TPSA) is 102 Å². The number of esters is 1. The summed E-state index contributed by atoms with van der Waals surface area (Å²) in [6, 6.07) is 0. The van der Waals surface area contributed by atoms with E-state index in [1.807, 2.05) is 0 Å². The Morgan fingerprint density at radius 1 is 0.978 bits per heavy atom. The maximum Gasteiger partial charge on any atom is 0.354 e. The van der Waals surface area contributed by atoms with Crippen molar-refractivity contribution in [3.8, 4) is 0 Å². The molecular formula is C36H52N2O6S. The summed E-state index contributed by atoms with van der Waals surface area (Å²) in [6.45, 7) is 16.4. The van der Waals surface area contributed by atoms with Crippen LogP contribution >= 0.6 is 11.8 Å². The third kappa shape index (κ3) is 4.70. The Bertz CT molecular complexity index is 1370. The summed E-state index contributed by atoms with van der Waals surface area (Å²) in [5.74, 6) is 0.105. The van der Waals surface area contributed by atoms with Gasteiger partial charge in [-0.05, 0) is 104 Å². The highest BCUT2D eigenvalue weighted by Gasteiger charge is 2.69. The second-order valence-corrected chi connectivity index (χ2v) is 18.0. The van der Waals surface area contributed by atoms with Gasteiger partial charge in [0.2, 0.25) is 5.91 Å². The average molecular weight is 641 g/mol. The first-order valence-corrected chi connectivity index (χ1v) is 18.0. The van der Waals surface area contributed by atoms with Crippen LogP contribution < -0.4 is 0 Å². The van der Waals surface area contributed by atoms with Gasteiger partial charge in [0.05, 0.1) is 24.0 Å². The van der Waals surface area contributed by atoms with Crippen molar-refractivity contribution in [3.63, 3.8) is 0 Å². The second kappa shape index (κ2) is 10.7. The van der Waals surface area contributed by atoms with Gasteiger partial charge in [-0.1, -0.05) is 77.0 Å². The monoisotopic (exact) mass is 640 g/mol. The largest absolute Gasteiger partial charge is 0.469 e. The molecule has 0 radical (unpaired) electrons. The number of ether oxygens (including phenoxy) is 1. The lowest BCUT2D eigenvalue weighted by molar-refractivity contribution is -0.181. The molecule has 7 atom stereocenters. The van der Waals surface area contributed by atoms with E-state index in [0.29, 0.717) is 11.8 Å². The van der Waals surface area contributed by atoms with Gasteiger partial charge >= 0.3 is 11.9 Å². The first-order valence-electron chi connectivity index (χ1n) is 17.0. The summed E-state index contributed by atoms with van der Waals surface area (Å²) in [5.41, 5.74) is 2.17. The number of hydrogen-bond acceptors (Lipinski definition) is 8. The Hall–Kier alpha value is -2.16. The number of carbonyl (C=O) groups is 4. The van der Waals surface area contributed by atoms with Crippen molar-refractivity contribution < 1.29 is 28.8 Å². The SMILES string of the molecule is COC(=O)[C@]12CCC(C)(C)C[C@H]1C1=CC[C@@H]3[C@@]4(C)CC/C(=N/OC(=O)CN5C(=O)CSC5=O)C(C)(C)[C@@H]4CC[C@@]3(C)[C@]1(C)CC2. The van der Waals surface area contributed by atoms with Crippen LogP contribution in [0, 0.1) is 50.2 Å². The number of allylic oxidation sites excluding steroid dienone is 2. The Balaban J connectivity index is 1.27. The van der Waals surface area contributed by atoms with Gasteiger partial charge in [-0.2, -0.15) is 0 Å². The Morgan fingerprint density at radius 2 is 1.69 bits per heavy atom. The van der Waals surface area contributed by atoms with E-state index in [0.717, 1.165) is 86.6 Å². The molecule has 1 heterocycles. The first kappa shape index (κ1) is 32.8. The molecule has 1 aliphatic heterocycles. The molecule has 0 aromatic heterocycles. The molecule has 45 heavy (non-hydrogen) atoms. The predicted octanol–water partition coefficient (Wildman–Crippen LogP) is 7.56. The molecule has 4 saturated carbocycles. The van der Waals surface area contributed by atoms with Crippen molar-refractivity contribution in [1.29, 1.82) is 0 Å². The molecule has 6 rings (SSSR count). The van der Waals surface area contributed by atoms with Crippen molar-refractivity contribution in [3.05, 3.63) is 11.6 Å². The summed E-state index contributed by atoms with van der Waals surface area (Å²) >= 11 is 0.905. The molecule has 5 fully saturated rings. The van der Waals surface area contributed by atoms with E-state index in [1.165, 1.54) is 5.57 Å². The third-order valence-corrected chi connectivity index (χ3v) is 15.3. The standard InChI is InChI=1S/C36H52N2O6S/c1-31(2)15-17-36(29(41)43-8)18-16-34(6)22(23(36)19-31)9-10-25-33(5)13-12-26(32(3,4)24(33)11-14-35(25,34)7)37-44-28(40)20-38-27(39)21-45-30(38)42/h9,23-25H,10-21H2,1-8H3/b37-26-/t23-,24-,25+,33-,34+,35+,36-/m0/s1. The Kier molecular flexibility index (Phi) is 7.78. The van der Waals surface area contributed by atoms with Crippen LogP contribution in [0.15, 0.2) is 16.8 Å². The number of rotatable bonds is 4. The number of imide groups is 1. The fraction of sp³-hybridized carbons (Fsp3) is 0.806. The maximum absolute atomic E-state index is 13.5. The van der Waals surface area contributed by atoms with Gasteiger partial charge in [-0.3, -0.25) is 19.3 Å². The van der Waals surface area contributed by atoms with Crippen LogP contribution in [0.2, 0.25) is 0 Å². The van der Waals surface area contributed by atoms with E-state index in [9.17, 15) is 19.2 Å². The molecule has 248 valence electrons. The molecule has 9 heteroatoms. The lowest BCUT2D eigenvalue weighted by Gasteiger charge is -2.70. The lowest BCUT2D eigenvalue weighted by atomic mass is 9.33. The number of hydrogen-bond donors (Lipinski definition) is 0. The van der Waals surface area contributed by atoms with E-state index >= 15 is 0 Å². The Labute approximate surface area is 272 Å². The predicted molar refractivity (Wildman–Crippen MR) is 174 cm³/mol. The van der Waals surface area contributed by atoms with Crippen molar-refractivity contribution in [2.24, 2.45) is 55.4 Å². The van der Waals surface area contributed by atoms with E-state index < -0.39 is 23.2 Å². The minimum Gasteiger partial charge on any atom is -0.469 e. The van der Waals surface area contributed by atoms with E-state index in [4.69, 9.17) is 9.57 Å². The highest BCUT2D eigenvalue weighted by Crippen LogP contribution is 2.75. The van der Waals surface area contributed by atoms with E-state index in [1.54, 1.807) is 7.11 Å². The summed E-state index contributed by atoms with van der Waals surface area (Å²) in [5, 5.41) is 3.98. The van der Waals surface area contributed by atoms with Crippen molar-refractivity contribution in [2.75, 3.05) is 19.4 Å². The fourth-order valence-corrected chi connectivity index (χ4v) is 12.3. The van der Waals surface area contributed by atoms with Crippen LogP contribution in [-0.4, -0.2) is 53.1 Å². The zero-order chi connectivity index (χ0) is 32.8. The van der Waals surface area contributed by atoms with Crippen molar-refractivity contribution >= 4 is 40.6 Å². The summed E-state index contributed by atoms with van der Waals surface area (Å²) < 4.78 is 5.52. The van der Waals surface area contributed by atoms with Gasteiger partial charge < -0.3 is 9.57 Å². The number of fused-ring (bicyclic) bond motifs is 7. The molecule has 2 amide bonds. The molecule has 0 N–H and O–H groups in total. The number of nitrogens with zero attached hydrogens (tertiary/aromatic N) is 2. The zero-order valence-corrected chi connectivity index (χ0v) is 29.4. The lowest BCUT2D eigenvalue weighted by Crippen LogP contribution is -2.64. The van der Waals surface area contributed by atoms with Gasteiger partial charge in [0, 0.05) is 5.41 Å². The quantitative estimate of drug-likeness (QED) is 0.135. The molecule has 0 bridgehead atoms. The molecular weight excluding hydrogens is 588 g/mol. The average Bonchev–Trinajstić information content (AvgIpc) is 3.28. The minimum atomic E-state index is -0.684. The minimum absolute atomic E-state index is 0.00652.